The molecule has 4 heteroatoms. The average Bonchev–Trinajstić information content (AvgIpc) is 3.00. The number of aromatic nitrogens is 2. The van der Waals surface area contributed by atoms with E-state index in [-0.39, 0.29) is 0 Å². The Hall–Kier alpha value is -3.06. The molecular formula is C18H15N3O. The van der Waals surface area contributed by atoms with Crippen LogP contribution in [0.25, 0.3) is 16.9 Å². The highest BCUT2D eigenvalue weighted by molar-refractivity contribution is 5.65. The molecule has 0 aliphatic carbocycles. The van der Waals surface area contributed by atoms with Crippen molar-refractivity contribution in [2.75, 3.05) is 7.11 Å². The molecule has 22 heavy (non-hydrogen) atoms. The Morgan fingerprint density at radius 1 is 1.14 bits per heavy atom. The fourth-order valence-corrected chi connectivity index (χ4v) is 2.35. The second-order valence-electron chi connectivity index (χ2n) is 4.85. The van der Waals surface area contributed by atoms with Crippen LogP contribution in [0.4, 0.5) is 0 Å². The normalized spacial score (nSPS) is 10.2. The van der Waals surface area contributed by atoms with Gasteiger partial charge in [0, 0.05) is 17.3 Å². The molecular weight excluding hydrogens is 274 g/mol. The van der Waals surface area contributed by atoms with E-state index in [2.05, 4.69) is 11.2 Å². The number of hydrogen-bond acceptors (Lipinski definition) is 3. The first kappa shape index (κ1) is 13.9. The van der Waals surface area contributed by atoms with Crippen LogP contribution in [0.5, 0.6) is 5.75 Å². The first-order chi connectivity index (χ1) is 10.8. The summed E-state index contributed by atoms with van der Waals surface area (Å²) in [6, 6.07) is 19.8. The lowest BCUT2D eigenvalue weighted by molar-refractivity contribution is 0.415. The van der Waals surface area contributed by atoms with E-state index in [4.69, 9.17) is 10.00 Å². The molecule has 0 spiro atoms. The quantitative estimate of drug-likeness (QED) is 0.737. The van der Waals surface area contributed by atoms with E-state index >= 15 is 0 Å². The van der Waals surface area contributed by atoms with Crippen LogP contribution in [0.2, 0.25) is 0 Å². The lowest BCUT2D eigenvalue weighted by Gasteiger charge is -2.03. The lowest BCUT2D eigenvalue weighted by atomic mass is 10.1. The van der Waals surface area contributed by atoms with Crippen LogP contribution in [-0.4, -0.2) is 16.9 Å². The van der Waals surface area contributed by atoms with E-state index in [0.29, 0.717) is 6.42 Å². The molecule has 0 fully saturated rings. The van der Waals surface area contributed by atoms with Crippen molar-refractivity contribution in [3.05, 3.63) is 66.4 Å². The Balaban J connectivity index is 2.10. The molecule has 108 valence electrons. The summed E-state index contributed by atoms with van der Waals surface area (Å²) in [5.41, 5.74) is 3.62. The Morgan fingerprint density at radius 3 is 2.68 bits per heavy atom. The minimum atomic E-state index is 0.319. The third-order valence-electron chi connectivity index (χ3n) is 3.42. The summed E-state index contributed by atoms with van der Waals surface area (Å²) >= 11 is 0. The standard InChI is InChI=1S/C18H15N3O/c1-22-17-9-5-6-14(12-17)18-15(10-11-19)13-21(20-18)16-7-3-2-4-8-16/h2-9,12-13H,10H2,1H3. The van der Waals surface area contributed by atoms with Gasteiger partial charge < -0.3 is 4.74 Å². The van der Waals surface area contributed by atoms with Crippen LogP contribution >= 0.6 is 0 Å². The van der Waals surface area contributed by atoms with Crippen molar-refractivity contribution in [2.24, 2.45) is 0 Å². The summed E-state index contributed by atoms with van der Waals surface area (Å²) < 4.78 is 7.08. The fourth-order valence-electron chi connectivity index (χ4n) is 2.35. The highest BCUT2D eigenvalue weighted by Crippen LogP contribution is 2.27. The monoisotopic (exact) mass is 289 g/mol. The van der Waals surface area contributed by atoms with E-state index < -0.39 is 0 Å². The molecule has 0 aliphatic rings. The number of nitriles is 1. The van der Waals surface area contributed by atoms with Crippen molar-refractivity contribution in [3.8, 4) is 28.8 Å². The molecule has 0 unspecified atom stereocenters. The predicted molar refractivity (Wildman–Crippen MR) is 84.9 cm³/mol. The molecule has 3 rings (SSSR count). The largest absolute Gasteiger partial charge is 0.497 e. The van der Waals surface area contributed by atoms with E-state index in [1.54, 1.807) is 7.11 Å². The highest BCUT2D eigenvalue weighted by atomic mass is 16.5. The number of nitrogens with zero attached hydrogens (tertiary/aromatic N) is 3. The van der Waals surface area contributed by atoms with Crippen LogP contribution in [0, 0.1) is 11.3 Å². The van der Waals surface area contributed by atoms with E-state index in [9.17, 15) is 0 Å². The van der Waals surface area contributed by atoms with Crippen molar-refractivity contribution < 1.29 is 4.74 Å². The van der Waals surface area contributed by atoms with Crippen LogP contribution in [-0.2, 0) is 6.42 Å². The van der Waals surface area contributed by atoms with Gasteiger partial charge in [0.2, 0.25) is 0 Å². The number of para-hydroxylation sites is 1. The first-order valence-electron chi connectivity index (χ1n) is 6.97. The maximum atomic E-state index is 9.06. The number of rotatable bonds is 4. The lowest BCUT2D eigenvalue weighted by Crippen LogP contribution is -1.94. The number of benzene rings is 2. The molecule has 2 aromatic carbocycles. The minimum Gasteiger partial charge on any atom is -0.497 e. The molecule has 0 amide bonds. The number of ether oxygens (including phenoxy) is 1. The Bertz CT molecular complexity index is 816. The zero-order valence-electron chi connectivity index (χ0n) is 12.2. The molecule has 1 heterocycles. The molecule has 0 saturated carbocycles. The van der Waals surface area contributed by atoms with Gasteiger partial charge >= 0.3 is 0 Å². The van der Waals surface area contributed by atoms with E-state index in [1.165, 1.54) is 0 Å². The molecule has 0 atom stereocenters. The van der Waals surface area contributed by atoms with Gasteiger partial charge in [0.05, 0.1) is 31.0 Å². The van der Waals surface area contributed by atoms with Gasteiger partial charge in [0.1, 0.15) is 5.75 Å². The summed E-state index contributed by atoms with van der Waals surface area (Å²) in [5.74, 6) is 0.773. The van der Waals surface area contributed by atoms with Crippen LogP contribution in [0.3, 0.4) is 0 Å². The van der Waals surface area contributed by atoms with E-state index in [0.717, 1.165) is 28.3 Å². The highest BCUT2D eigenvalue weighted by Gasteiger charge is 2.12. The second kappa shape index (κ2) is 6.15. The van der Waals surface area contributed by atoms with Crippen molar-refractivity contribution >= 4 is 0 Å². The molecule has 0 radical (unpaired) electrons. The topological polar surface area (TPSA) is 50.8 Å². The summed E-state index contributed by atoms with van der Waals surface area (Å²) in [5, 5.41) is 13.7. The van der Waals surface area contributed by atoms with Gasteiger partial charge in [0.25, 0.3) is 0 Å². The molecule has 1 aromatic heterocycles. The van der Waals surface area contributed by atoms with Gasteiger partial charge in [-0.15, -0.1) is 0 Å². The van der Waals surface area contributed by atoms with Gasteiger partial charge in [-0.3, -0.25) is 0 Å². The fraction of sp³-hybridized carbons (Fsp3) is 0.111. The molecule has 3 aromatic rings. The molecule has 0 saturated heterocycles. The SMILES string of the molecule is COc1cccc(-c2nn(-c3ccccc3)cc2CC#N)c1. The zero-order valence-corrected chi connectivity index (χ0v) is 12.2. The Kier molecular flexibility index (Phi) is 3.88. The van der Waals surface area contributed by atoms with Gasteiger partial charge in [-0.25, -0.2) is 4.68 Å². The van der Waals surface area contributed by atoms with Crippen LogP contribution in [0.15, 0.2) is 60.8 Å². The Labute approximate surface area is 129 Å². The predicted octanol–water partition coefficient (Wildman–Crippen LogP) is 3.61. The van der Waals surface area contributed by atoms with E-state index in [1.807, 2.05) is 65.5 Å². The molecule has 0 bridgehead atoms. The number of hydrogen-bond donors (Lipinski definition) is 0. The first-order valence-corrected chi connectivity index (χ1v) is 6.97. The maximum Gasteiger partial charge on any atom is 0.119 e. The van der Waals surface area contributed by atoms with Gasteiger partial charge in [0.15, 0.2) is 0 Å². The van der Waals surface area contributed by atoms with Crippen LogP contribution in [0.1, 0.15) is 5.56 Å². The average molecular weight is 289 g/mol. The Morgan fingerprint density at radius 2 is 1.95 bits per heavy atom. The molecule has 0 N–H and O–H groups in total. The minimum absolute atomic E-state index is 0.319. The number of methoxy groups -OCH3 is 1. The van der Waals surface area contributed by atoms with Gasteiger partial charge in [-0.05, 0) is 24.3 Å². The second-order valence-corrected chi connectivity index (χ2v) is 4.85. The zero-order chi connectivity index (χ0) is 15.4. The molecule has 4 nitrogen and oxygen atoms in total. The smallest absolute Gasteiger partial charge is 0.119 e. The maximum absolute atomic E-state index is 9.06. The van der Waals surface area contributed by atoms with Crippen molar-refractivity contribution in [2.45, 2.75) is 6.42 Å². The van der Waals surface area contributed by atoms with Crippen LogP contribution < -0.4 is 4.74 Å². The van der Waals surface area contributed by atoms with Crippen molar-refractivity contribution in [3.63, 3.8) is 0 Å². The molecule has 0 aliphatic heterocycles. The third kappa shape index (κ3) is 2.70. The van der Waals surface area contributed by atoms with Gasteiger partial charge in [-0.1, -0.05) is 30.3 Å². The van der Waals surface area contributed by atoms with Crippen molar-refractivity contribution in [1.29, 1.82) is 5.26 Å². The third-order valence-corrected chi connectivity index (χ3v) is 3.42. The summed E-state index contributed by atoms with van der Waals surface area (Å²) in [6.45, 7) is 0. The van der Waals surface area contributed by atoms with Crippen molar-refractivity contribution in [1.82, 2.24) is 9.78 Å². The summed E-state index contributed by atoms with van der Waals surface area (Å²) in [7, 11) is 1.64. The summed E-state index contributed by atoms with van der Waals surface area (Å²) in [4.78, 5) is 0. The van der Waals surface area contributed by atoms with Gasteiger partial charge in [-0.2, -0.15) is 10.4 Å². The summed E-state index contributed by atoms with van der Waals surface area (Å²) in [6.07, 6.45) is 2.23.